The van der Waals surface area contributed by atoms with Crippen LogP contribution in [0.5, 0.6) is 5.75 Å². The van der Waals surface area contributed by atoms with Gasteiger partial charge in [0.05, 0.1) is 12.9 Å². The number of hydrogen-bond donors (Lipinski definition) is 1. The summed E-state index contributed by atoms with van der Waals surface area (Å²) in [5.41, 5.74) is 3.77. The molecule has 3 aromatic carbocycles. The van der Waals surface area contributed by atoms with Crippen molar-refractivity contribution in [1.82, 2.24) is 14.8 Å². The third kappa shape index (κ3) is 6.05. The highest BCUT2D eigenvalue weighted by Crippen LogP contribution is 2.31. The Hall–Kier alpha value is -3.29. The van der Waals surface area contributed by atoms with Gasteiger partial charge >= 0.3 is 0 Å². The molecule has 1 amide bonds. The van der Waals surface area contributed by atoms with E-state index < -0.39 is 0 Å². The number of methoxy groups -OCH3 is 1. The number of thioether (sulfide) groups is 1. The number of carbonyl (C=O) groups is 1. The van der Waals surface area contributed by atoms with Crippen LogP contribution >= 0.6 is 23.4 Å². The minimum atomic E-state index is -0.155. The Morgan fingerprint density at radius 2 is 1.74 bits per heavy atom. The number of hydrogen-bond acceptors (Lipinski definition) is 5. The fourth-order valence-corrected chi connectivity index (χ4v) is 4.47. The molecule has 0 radical (unpaired) electrons. The molecule has 0 aliphatic heterocycles. The molecule has 0 unspecified atom stereocenters. The molecule has 180 valence electrons. The Bertz CT molecular complexity index is 1310. The molecule has 8 heteroatoms. The number of aromatic nitrogens is 3. The molecular weight excluding hydrogens is 480 g/mol. The molecule has 0 saturated carbocycles. The van der Waals surface area contributed by atoms with Gasteiger partial charge in [-0.3, -0.25) is 9.36 Å². The van der Waals surface area contributed by atoms with Gasteiger partial charge in [-0.2, -0.15) is 0 Å². The van der Waals surface area contributed by atoms with Crippen molar-refractivity contribution in [2.24, 2.45) is 0 Å². The molecule has 6 nitrogen and oxygen atoms in total. The maximum Gasteiger partial charge on any atom is 0.234 e. The molecular formula is C27H27ClN4O2S. The summed E-state index contributed by atoms with van der Waals surface area (Å²) < 4.78 is 7.27. The van der Waals surface area contributed by atoms with Gasteiger partial charge in [0, 0.05) is 22.0 Å². The highest BCUT2D eigenvalue weighted by molar-refractivity contribution is 7.99. The lowest BCUT2D eigenvalue weighted by atomic mass is 9.87. The minimum Gasteiger partial charge on any atom is -0.497 e. The van der Waals surface area contributed by atoms with Crippen LogP contribution in [0.4, 0.5) is 5.69 Å². The fourth-order valence-electron chi connectivity index (χ4n) is 3.53. The molecule has 4 aromatic rings. The van der Waals surface area contributed by atoms with Gasteiger partial charge in [0.15, 0.2) is 11.0 Å². The summed E-state index contributed by atoms with van der Waals surface area (Å²) in [4.78, 5) is 12.6. The van der Waals surface area contributed by atoms with Crippen LogP contribution in [-0.2, 0) is 10.2 Å². The van der Waals surface area contributed by atoms with E-state index in [1.165, 1.54) is 17.3 Å². The zero-order chi connectivity index (χ0) is 25.0. The minimum absolute atomic E-state index is 0.0551. The first-order valence-electron chi connectivity index (χ1n) is 11.1. The van der Waals surface area contributed by atoms with Crippen LogP contribution in [-0.4, -0.2) is 33.5 Å². The number of benzene rings is 3. The molecule has 4 rings (SSSR count). The van der Waals surface area contributed by atoms with Crippen LogP contribution < -0.4 is 10.1 Å². The van der Waals surface area contributed by atoms with E-state index in [1.54, 1.807) is 31.4 Å². The number of nitrogens with one attached hydrogen (secondary N) is 1. The number of nitrogens with zero attached hydrogens (tertiary/aromatic N) is 3. The quantitative estimate of drug-likeness (QED) is 0.285. The van der Waals surface area contributed by atoms with Gasteiger partial charge in [0.1, 0.15) is 5.75 Å². The third-order valence-electron chi connectivity index (χ3n) is 5.41. The van der Waals surface area contributed by atoms with Crippen molar-refractivity contribution >= 4 is 35.0 Å². The first-order chi connectivity index (χ1) is 16.7. The molecule has 0 fully saturated rings. The molecule has 1 N–H and O–H groups in total. The van der Waals surface area contributed by atoms with Crippen molar-refractivity contribution in [3.8, 4) is 22.8 Å². The van der Waals surface area contributed by atoms with Crippen molar-refractivity contribution in [3.63, 3.8) is 0 Å². The van der Waals surface area contributed by atoms with Gasteiger partial charge in [-0.1, -0.05) is 74.5 Å². The molecule has 0 aliphatic carbocycles. The maximum atomic E-state index is 12.6. The van der Waals surface area contributed by atoms with Gasteiger partial charge < -0.3 is 10.1 Å². The predicted molar refractivity (Wildman–Crippen MR) is 143 cm³/mol. The van der Waals surface area contributed by atoms with E-state index in [2.05, 4.69) is 60.6 Å². The molecule has 35 heavy (non-hydrogen) atoms. The lowest BCUT2D eigenvalue weighted by molar-refractivity contribution is -0.113. The Kier molecular flexibility index (Phi) is 7.48. The number of carbonyl (C=O) groups excluding carboxylic acids is 1. The Morgan fingerprint density at radius 1 is 1.03 bits per heavy atom. The summed E-state index contributed by atoms with van der Waals surface area (Å²) in [6.07, 6.45) is 0. The second-order valence-electron chi connectivity index (χ2n) is 9.01. The van der Waals surface area contributed by atoms with Crippen LogP contribution in [0.2, 0.25) is 5.02 Å². The average molecular weight is 507 g/mol. The van der Waals surface area contributed by atoms with E-state index in [-0.39, 0.29) is 17.1 Å². The number of rotatable bonds is 7. The summed E-state index contributed by atoms with van der Waals surface area (Å²) in [6, 6.07) is 23.1. The van der Waals surface area contributed by atoms with Crippen molar-refractivity contribution in [1.29, 1.82) is 0 Å². The van der Waals surface area contributed by atoms with Crippen LogP contribution in [0, 0.1) is 0 Å². The number of anilines is 1. The second kappa shape index (κ2) is 10.5. The number of ether oxygens (including phenoxy) is 1. The van der Waals surface area contributed by atoms with E-state index in [9.17, 15) is 4.79 Å². The largest absolute Gasteiger partial charge is 0.497 e. The topological polar surface area (TPSA) is 69.0 Å². The van der Waals surface area contributed by atoms with E-state index >= 15 is 0 Å². The fraction of sp³-hybridized carbons (Fsp3) is 0.222. The van der Waals surface area contributed by atoms with E-state index in [1.807, 2.05) is 28.8 Å². The van der Waals surface area contributed by atoms with E-state index in [0.29, 0.717) is 21.7 Å². The van der Waals surface area contributed by atoms with Crippen molar-refractivity contribution < 1.29 is 9.53 Å². The van der Waals surface area contributed by atoms with Crippen molar-refractivity contribution in [2.45, 2.75) is 31.3 Å². The predicted octanol–water partition coefficient (Wildman–Crippen LogP) is 6.62. The normalized spacial score (nSPS) is 11.3. The number of amides is 1. The van der Waals surface area contributed by atoms with Crippen molar-refractivity contribution in [2.75, 3.05) is 18.2 Å². The van der Waals surface area contributed by atoms with Crippen LogP contribution in [0.15, 0.2) is 78.0 Å². The van der Waals surface area contributed by atoms with Gasteiger partial charge in [-0.15, -0.1) is 10.2 Å². The molecule has 0 saturated heterocycles. The molecule has 0 spiro atoms. The van der Waals surface area contributed by atoms with E-state index in [0.717, 1.165) is 17.0 Å². The Labute approximate surface area is 214 Å². The van der Waals surface area contributed by atoms with Crippen LogP contribution in [0.25, 0.3) is 17.1 Å². The second-order valence-corrected chi connectivity index (χ2v) is 10.4. The summed E-state index contributed by atoms with van der Waals surface area (Å²) in [5, 5.41) is 13.0. The van der Waals surface area contributed by atoms with Gasteiger partial charge in [0.25, 0.3) is 0 Å². The summed E-state index contributed by atoms with van der Waals surface area (Å²) >= 11 is 7.34. The average Bonchev–Trinajstić information content (AvgIpc) is 3.26. The van der Waals surface area contributed by atoms with Crippen LogP contribution in [0.1, 0.15) is 26.3 Å². The third-order valence-corrected chi connectivity index (χ3v) is 6.58. The Morgan fingerprint density at radius 3 is 2.37 bits per heavy atom. The standard InChI is InChI=1S/C27H27ClN4O2S/c1-27(2,3)19-10-8-18(9-11-19)25-30-31-26(32(25)22-12-14-23(34-4)15-13-22)35-17-24(33)29-21-7-5-6-20(28)16-21/h5-16H,17H2,1-4H3,(H,29,33). The molecule has 1 aromatic heterocycles. The van der Waals surface area contributed by atoms with Crippen LogP contribution in [0.3, 0.4) is 0 Å². The maximum absolute atomic E-state index is 12.6. The zero-order valence-corrected chi connectivity index (χ0v) is 21.7. The number of halogens is 1. The lowest BCUT2D eigenvalue weighted by Gasteiger charge is -2.19. The van der Waals surface area contributed by atoms with Crippen molar-refractivity contribution in [3.05, 3.63) is 83.4 Å². The summed E-state index contributed by atoms with van der Waals surface area (Å²) in [7, 11) is 1.63. The van der Waals surface area contributed by atoms with Gasteiger partial charge in [-0.25, -0.2) is 0 Å². The van der Waals surface area contributed by atoms with Gasteiger partial charge in [0.2, 0.25) is 5.91 Å². The summed E-state index contributed by atoms with van der Waals surface area (Å²) in [6.45, 7) is 6.56. The Balaban J connectivity index is 1.62. The van der Waals surface area contributed by atoms with Gasteiger partial charge in [-0.05, 0) is 53.4 Å². The zero-order valence-electron chi connectivity index (χ0n) is 20.1. The molecule has 0 bridgehead atoms. The monoisotopic (exact) mass is 506 g/mol. The highest BCUT2D eigenvalue weighted by Gasteiger charge is 2.19. The molecule has 1 heterocycles. The van der Waals surface area contributed by atoms with E-state index in [4.69, 9.17) is 16.3 Å². The smallest absolute Gasteiger partial charge is 0.234 e. The SMILES string of the molecule is COc1ccc(-n2c(SCC(=O)Nc3cccc(Cl)c3)nnc2-c2ccc(C(C)(C)C)cc2)cc1. The molecule has 0 atom stereocenters. The first kappa shape index (κ1) is 24.8. The first-order valence-corrected chi connectivity index (χ1v) is 12.5. The lowest BCUT2D eigenvalue weighted by Crippen LogP contribution is -2.14. The summed E-state index contributed by atoms with van der Waals surface area (Å²) in [5.74, 6) is 1.48. The highest BCUT2D eigenvalue weighted by atomic mass is 35.5. The molecule has 0 aliphatic rings.